The Kier molecular flexibility index (Phi) is 3.61. The third kappa shape index (κ3) is 2.62. The van der Waals surface area contributed by atoms with Gasteiger partial charge in [0.1, 0.15) is 0 Å². The highest BCUT2D eigenvalue weighted by atomic mass is 15.3. The first kappa shape index (κ1) is 11.6. The van der Waals surface area contributed by atoms with Crippen LogP contribution in [-0.2, 0) is 13.6 Å². The molecule has 1 aliphatic heterocycles. The summed E-state index contributed by atoms with van der Waals surface area (Å²) >= 11 is 0. The van der Waals surface area contributed by atoms with Crippen LogP contribution in [0.3, 0.4) is 0 Å². The van der Waals surface area contributed by atoms with Gasteiger partial charge in [-0.05, 0) is 39.4 Å². The maximum absolute atomic E-state index is 4.34. The van der Waals surface area contributed by atoms with Crippen molar-refractivity contribution in [3.63, 3.8) is 0 Å². The van der Waals surface area contributed by atoms with Crippen LogP contribution >= 0.6 is 0 Å². The lowest BCUT2D eigenvalue weighted by atomic mass is 10.2. The Morgan fingerprint density at radius 1 is 1.50 bits per heavy atom. The molecule has 2 heterocycles. The fourth-order valence-electron chi connectivity index (χ4n) is 2.43. The van der Waals surface area contributed by atoms with Crippen LogP contribution in [0.2, 0.25) is 0 Å². The number of hydrogen-bond donors (Lipinski definition) is 1. The Labute approximate surface area is 97.6 Å². The summed E-state index contributed by atoms with van der Waals surface area (Å²) in [6.07, 6.45) is 2.67. The third-order valence-corrected chi connectivity index (χ3v) is 3.46. The SMILES string of the molecule is Cc1cc(CNCC2CCCN2C)n(C)n1. The van der Waals surface area contributed by atoms with Crippen LogP contribution < -0.4 is 5.32 Å². The van der Waals surface area contributed by atoms with Crippen LogP contribution in [0.25, 0.3) is 0 Å². The highest BCUT2D eigenvalue weighted by Gasteiger charge is 2.19. The van der Waals surface area contributed by atoms with Crippen LogP contribution in [0, 0.1) is 6.92 Å². The van der Waals surface area contributed by atoms with Crippen molar-refractivity contribution in [3.8, 4) is 0 Å². The van der Waals surface area contributed by atoms with Crippen molar-refractivity contribution in [2.75, 3.05) is 20.1 Å². The van der Waals surface area contributed by atoms with Gasteiger partial charge in [-0.2, -0.15) is 5.10 Å². The predicted octanol–water partition coefficient (Wildman–Crippen LogP) is 0.912. The lowest BCUT2D eigenvalue weighted by Gasteiger charge is -2.19. The molecule has 1 fully saturated rings. The minimum absolute atomic E-state index is 0.717. The minimum Gasteiger partial charge on any atom is -0.310 e. The van der Waals surface area contributed by atoms with Crippen molar-refractivity contribution in [1.29, 1.82) is 0 Å². The first-order valence-electron chi connectivity index (χ1n) is 6.07. The molecule has 0 amide bonds. The van der Waals surface area contributed by atoms with Gasteiger partial charge in [0.2, 0.25) is 0 Å². The van der Waals surface area contributed by atoms with E-state index >= 15 is 0 Å². The molecule has 0 aliphatic carbocycles. The van der Waals surface area contributed by atoms with E-state index in [1.165, 1.54) is 25.1 Å². The molecule has 1 atom stereocenters. The van der Waals surface area contributed by atoms with E-state index in [1.54, 1.807) is 0 Å². The van der Waals surface area contributed by atoms with E-state index in [0.29, 0.717) is 6.04 Å². The van der Waals surface area contributed by atoms with Gasteiger partial charge >= 0.3 is 0 Å². The van der Waals surface area contributed by atoms with Gasteiger partial charge in [-0.1, -0.05) is 0 Å². The Bertz CT molecular complexity index is 345. The number of hydrogen-bond acceptors (Lipinski definition) is 3. The highest BCUT2D eigenvalue weighted by molar-refractivity contribution is 5.08. The van der Waals surface area contributed by atoms with Gasteiger partial charge in [-0.25, -0.2) is 0 Å². The van der Waals surface area contributed by atoms with Crippen LogP contribution in [0.4, 0.5) is 0 Å². The van der Waals surface area contributed by atoms with Crippen LogP contribution in [0.15, 0.2) is 6.07 Å². The summed E-state index contributed by atoms with van der Waals surface area (Å²) in [6, 6.07) is 2.86. The quantitative estimate of drug-likeness (QED) is 0.822. The summed E-state index contributed by atoms with van der Waals surface area (Å²) < 4.78 is 1.96. The molecular weight excluding hydrogens is 200 g/mol. The number of aromatic nitrogens is 2. The fraction of sp³-hybridized carbons (Fsp3) is 0.750. The maximum Gasteiger partial charge on any atom is 0.0597 e. The van der Waals surface area contributed by atoms with E-state index in [-0.39, 0.29) is 0 Å². The molecule has 4 heteroatoms. The zero-order chi connectivity index (χ0) is 11.5. The minimum atomic E-state index is 0.717. The molecule has 1 N–H and O–H groups in total. The first-order valence-corrected chi connectivity index (χ1v) is 6.07. The number of nitrogens with zero attached hydrogens (tertiary/aromatic N) is 3. The Morgan fingerprint density at radius 2 is 2.31 bits per heavy atom. The first-order chi connectivity index (χ1) is 7.66. The maximum atomic E-state index is 4.34. The van der Waals surface area contributed by atoms with E-state index in [4.69, 9.17) is 0 Å². The normalized spacial score (nSPS) is 21.8. The lowest BCUT2D eigenvalue weighted by molar-refractivity contribution is 0.299. The summed E-state index contributed by atoms with van der Waals surface area (Å²) in [5.41, 5.74) is 2.36. The zero-order valence-corrected chi connectivity index (χ0v) is 10.5. The van der Waals surface area contributed by atoms with Gasteiger partial charge in [0, 0.05) is 26.2 Å². The van der Waals surface area contributed by atoms with Crippen molar-refractivity contribution in [3.05, 3.63) is 17.5 Å². The largest absolute Gasteiger partial charge is 0.310 e. The molecule has 1 unspecified atom stereocenters. The average molecular weight is 222 g/mol. The summed E-state index contributed by atoms with van der Waals surface area (Å²) in [4.78, 5) is 2.45. The van der Waals surface area contributed by atoms with Gasteiger partial charge in [0.05, 0.1) is 11.4 Å². The summed E-state index contributed by atoms with van der Waals surface area (Å²) in [6.45, 7) is 5.29. The molecule has 0 radical (unpaired) electrons. The van der Waals surface area contributed by atoms with E-state index in [1.807, 2.05) is 18.7 Å². The molecule has 0 spiro atoms. The predicted molar refractivity (Wildman–Crippen MR) is 65.3 cm³/mol. The topological polar surface area (TPSA) is 33.1 Å². The van der Waals surface area contributed by atoms with Gasteiger partial charge in [0.15, 0.2) is 0 Å². The number of likely N-dealkylation sites (N-methyl/N-ethyl adjacent to an activating group) is 1. The van der Waals surface area contributed by atoms with E-state index in [2.05, 4.69) is 28.4 Å². The molecule has 4 nitrogen and oxygen atoms in total. The fourth-order valence-corrected chi connectivity index (χ4v) is 2.43. The molecule has 90 valence electrons. The Hall–Kier alpha value is -0.870. The highest BCUT2D eigenvalue weighted by Crippen LogP contribution is 2.13. The van der Waals surface area contributed by atoms with Crippen molar-refractivity contribution in [2.45, 2.75) is 32.4 Å². The van der Waals surface area contributed by atoms with Crippen LogP contribution in [0.1, 0.15) is 24.2 Å². The molecule has 0 saturated carbocycles. The standard InChI is InChI=1S/C12H22N4/c1-10-7-12(16(3)14-10)9-13-8-11-5-4-6-15(11)2/h7,11,13H,4-6,8-9H2,1-3H3. The number of likely N-dealkylation sites (tertiary alicyclic amines) is 1. The molecular formula is C12H22N4. The molecule has 1 aliphatic rings. The van der Waals surface area contributed by atoms with E-state index in [9.17, 15) is 0 Å². The average Bonchev–Trinajstić information content (AvgIpc) is 2.75. The van der Waals surface area contributed by atoms with Crippen molar-refractivity contribution < 1.29 is 0 Å². The molecule has 1 aromatic heterocycles. The monoisotopic (exact) mass is 222 g/mol. The van der Waals surface area contributed by atoms with Crippen molar-refractivity contribution in [1.82, 2.24) is 20.0 Å². The van der Waals surface area contributed by atoms with E-state index < -0.39 is 0 Å². The molecule has 0 bridgehead atoms. The van der Waals surface area contributed by atoms with Gasteiger partial charge < -0.3 is 10.2 Å². The van der Waals surface area contributed by atoms with Gasteiger partial charge in [0.25, 0.3) is 0 Å². The molecule has 16 heavy (non-hydrogen) atoms. The summed E-state index contributed by atoms with van der Waals surface area (Å²) in [5.74, 6) is 0. The lowest BCUT2D eigenvalue weighted by Crippen LogP contribution is -2.35. The number of rotatable bonds is 4. The summed E-state index contributed by atoms with van der Waals surface area (Å²) in [5, 5.41) is 7.87. The second-order valence-corrected chi connectivity index (χ2v) is 4.81. The molecule has 2 rings (SSSR count). The van der Waals surface area contributed by atoms with Crippen molar-refractivity contribution >= 4 is 0 Å². The van der Waals surface area contributed by atoms with Crippen LogP contribution in [-0.4, -0.2) is 40.9 Å². The zero-order valence-electron chi connectivity index (χ0n) is 10.5. The molecule has 0 aromatic carbocycles. The van der Waals surface area contributed by atoms with Crippen molar-refractivity contribution in [2.24, 2.45) is 7.05 Å². The van der Waals surface area contributed by atoms with Gasteiger partial charge in [-0.15, -0.1) is 0 Å². The number of aryl methyl sites for hydroxylation is 2. The summed E-state index contributed by atoms with van der Waals surface area (Å²) in [7, 11) is 4.22. The molecule has 1 aromatic rings. The van der Waals surface area contributed by atoms with Crippen LogP contribution in [0.5, 0.6) is 0 Å². The number of nitrogens with one attached hydrogen (secondary N) is 1. The second-order valence-electron chi connectivity index (χ2n) is 4.81. The van der Waals surface area contributed by atoms with E-state index in [0.717, 1.165) is 18.8 Å². The third-order valence-electron chi connectivity index (χ3n) is 3.46. The smallest absolute Gasteiger partial charge is 0.0597 e. The Balaban J connectivity index is 1.77. The second kappa shape index (κ2) is 4.97. The Morgan fingerprint density at radius 3 is 2.88 bits per heavy atom. The molecule has 1 saturated heterocycles. The van der Waals surface area contributed by atoms with Gasteiger partial charge in [-0.3, -0.25) is 4.68 Å².